The monoisotopic (exact) mass is 253 g/mol. The molecule has 0 aliphatic rings. The molecule has 0 aliphatic carbocycles. The number of amides is 1. The zero-order chi connectivity index (χ0) is 13.1. The van der Waals surface area contributed by atoms with Gasteiger partial charge in [0.15, 0.2) is 0 Å². The van der Waals surface area contributed by atoms with Gasteiger partial charge in [-0.15, -0.1) is 0 Å². The zero-order valence-corrected chi connectivity index (χ0v) is 11.6. The molecule has 0 saturated carbocycles. The molecule has 1 amide bonds. The third kappa shape index (κ3) is 4.78. The lowest BCUT2D eigenvalue weighted by Gasteiger charge is -2.28. The Kier molecular flexibility index (Phi) is 4.58. The summed E-state index contributed by atoms with van der Waals surface area (Å²) in [5.41, 5.74) is 1.06. The number of hydrogen-bond acceptors (Lipinski definition) is 1. The molecule has 17 heavy (non-hydrogen) atoms. The Hall–Kier alpha value is -1.02. The first-order valence-corrected chi connectivity index (χ1v) is 6.20. The summed E-state index contributed by atoms with van der Waals surface area (Å²) in [5, 5.41) is 3.70. The molecule has 1 unspecified atom stereocenters. The molecule has 0 aromatic heterocycles. The van der Waals surface area contributed by atoms with E-state index in [1.807, 2.05) is 19.1 Å². The Balaban J connectivity index is 2.53. The topological polar surface area (TPSA) is 29.1 Å². The van der Waals surface area contributed by atoms with E-state index < -0.39 is 0 Å². The number of halogens is 1. The van der Waals surface area contributed by atoms with Crippen molar-refractivity contribution in [2.45, 2.75) is 40.2 Å². The van der Waals surface area contributed by atoms with Crippen molar-refractivity contribution in [1.82, 2.24) is 5.32 Å². The highest BCUT2D eigenvalue weighted by Gasteiger charge is 2.21. The molecule has 0 heterocycles. The fourth-order valence-corrected chi connectivity index (χ4v) is 1.42. The van der Waals surface area contributed by atoms with Gasteiger partial charge in [0.1, 0.15) is 0 Å². The van der Waals surface area contributed by atoms with Crippen LogP contribution in [-0.2, 0) is 11.2 Å². The van der Waals surface area contributed by atoms with Crippen molar-refractivity contribution >= 4 is 17.5 Å². The molecule has 0 bridgehead atoms. The van der Waals surface area contributed by atoms with Gasteiger partial charge in [-0.05, 0) is 30.0 Å². The second-order valence-electron chi connectivity index (χ2n) is 5.46. The van der Waals surface area contributed by atoms with Crippen molar-refractivity contribution < 1.29 is 4.79 Å². The highest BCUT2D eigenvalue weighted by Crippen LogP contribution is 2.18. The van der Waals surface area contributed by atoms with Crippen molar-refractivity contribution in [3.05, 3.63) is 34.9 Å². The molecule has 94 valence electrons. The average molecular weight is 254 g/mol. The quantitative estimate of drug-likeness (QED) is 0.879. The standard InChI is InChI=1S/C14H20ClNO/c1-10(14(2,3)4)16-13(17)9-11-5-7-12(15)8-6-11/h5-8,10H,9H2,1-4H3,(H,16,17). The van der Waals surface area contributed by atoms with E-state index in [2.05, 4.69) is 26.1 Å². The Bertz CT molecular complexity index is 378. The largest absolute Gasteiger partial charge is 0.353 e. The van der Waals surface area contributed by atoms with Crippen molar-refractivity contribution in [2.24, 2.45) is 5.41 Å². The van der Waals surface area contributed by atoms with Gasteiger partial charge in [0.2, 0.25) is 5.91 Å². The molecular formula is C14H20ClNO. The average Bonchev–Trinajstić information content (AvgIpc) is 2.20. The van der Waals surface area contributed by atoms with Gasteiger partial charge in [0.05, 0.1) is 6.42 Å². The van der Waals surface area contributed by atoms with Gasteiger partial charge >= 0.3 is 0 Å². The maximum absolute atomic E-state index is 11.8. The lowest BCUT2D eigenvalue weighted by atomic mass is 9.88. The number of rotatable bonds is 3. The molecule has 1 rings (SSSR count). The number of benzene rings is 1. The fourth-order valence-electron chi connectivity index (χ4n) is 1.30. The molecule has 1 N–H and O–H groups in total. The molecule has 1 aromatic carbocycles. The van der Waals surface area contributed by atoms with Crippen LogP contribution >= 0.6 is 11.6 Å². The Morgan fingerprint density at radius 2 is 1.82 bits per heavy atom. The van der Waals surface area contributed by atoms with Crippen molar-refractivity contribution in [1.29, 1.82) is 0 Å². The zero-order valence-electron chi connectivity index (χ0n) is 10.9. The van der Waals surface area contributed by atoms with Crippen LogP contribution in [0.2, 0.25) is 5.02 Å². The van der Waals surface area contributed by atoms with Crippen molar-refractivity contribution in [2.75, 3.05) is 0 Å². The fraction of sp³-hybridized carbons (Fsp3) is 0.500. The number of hydrogen-bond donors (Lipinski definition) is 1. The molecule has 3 heteroatoms. The summed E-state index contributed by atoms with van der Waals surface area (Å²) in [6.07, 6.45) is 0.400. The smallest absolute Gasteiger partial charge is 0.224 e. The van der Waals surface area contributed by atoms with Gasteiger partial charge in [0, 0.05) is 11.1 Å². The summed E-state index contributed by atoms with van der Waals surface area (Å²) in [6.45, 7) is 8.36. The summed E-state index contributed by atoms with van der Waals surface area (Å²) in [6, 6.07) is 7.52. The van der Waals surface area contributed by atoms with Gasteiger partial charge in [-0.25, -0.2) is 0 Å². The van der Waals surface area contributed by atoms with Crippen molar-refractivity contribution in [3.63, 3.8) is 0 Å². The first kappa shape index (κ1) is 14.0. The van der Waals surface area contributed by atoms with Crippen LogP contribution in [0.3, 0.4) is 0 Å². The van der Waals surface area contributed by atoms with E-state index in [1.54, 1.807) is 12.1 Å². The van der Waals surface area contributed by atoms with Crippen LogP contribution in [0.15, 0.2) is 24.3 Å². The van der Waals surface area contributed by atoms with Crippen LogP contribution in [-0.4, -0.2) is 11.9 Å². The molecular weight excluding hydrogens is 234 g/mol. The highest BCUT2D eigenvalue weighted by molar-refractivity contribution is 6.30. The van der Waals surface area contributed by atoms with Gasteiger partial charge in [-0.1, -0.05) is 44.5 Å². The second-order valence-corrected chi connectivity index (χ2v) is 5.89. The highest BCUT2D eigenvalue weighted by atomic mass is 35.5. The minimum absolute atomic E-state index is 0.0507. The molecule has 0 aliphatic heterocycles. The summed E-state index contributed by atoms with van der Waals surface area (Å²) < 4.78 is 0. The minimum Gasteiger partial charge on any atom is -0.353 e. The predicted molar refractivity (Wildman–Crippen MR) is 72.2 cm³/mol. The summed E-state index contributed by atoms with van der Waals surface area (Å²) >= 11 is 5.79. The molecule has 0 radical (unpaired) electrons. The van der Waals surface area contributed by atoms with E-state index in [-0.39, 0.29) is 17.4 Å². The Morgan fingerprint density at radius 1 is 1.29 bits per heavy atom. The van der Waals surface area contributed by atoms with E-state index in [0.29, 0.717) is 11.4 Å². The van der Waals surface area contributed by atoms with Gasteiger partial charge in [-0.3, -0.25) is 4.79 Å². The number of carbonyl (C=O) groups excluding carboxylic acids is 1. The van der Waals surface area contributed by atoms with Crippen LogP contribution in [0.4, 0.5) is 0 Å². The molecule has 1 atom stereocenters. The molecule has 1 aromatic rings. The summed E-state index contributed by atoms with van der Waals surface area (Å²) in [7, 11) is 0. The summed E-state index contributed by atoms with van der Waals surface area (Å²) in [4.78, 5) is 11.8. The van der Waals surface area contributed by atoms with E-state index >= 15 is 0 Å². The predicted octanol–water partition coefficient (Wildman–Crippen LogP) is 3.43. The van der Waals surface area contributed by atoms with Crippen LogP contribution in [0.25, 0.3) is 0 Å². The number of carbonyl (C=O) groups is 1. The van der Waals surface area contributed by atoms with Crippen LogP contribution < -0.4 is 5.32 Å². The van der Waals surface area contributed by atoms with Crippen LogP contribution in [0.1, 0.15) is 33.3 Å². The first-order valence-electron chi connectivity index (χ1n) is 5.83. The molecule has 2 nitrogen and oxygen atoms in total. The maximum Gasteiger partial charge on any atom is 0.224 e. The third-order valence-electron chi connectivity index (χ3n) is 2.95. The van der Waals surface area contributed by atoms with Crippen LogP contribution in [0, 0.1) is 5.41 Å². The number of nitrogens with one attached hydrogen (secondary N) is 1. The second kappa shape index (κ2) is 5.54. The van der Waals surface area contributed by atoms with E-state index in [0.717, 1.165) is 5.56 Å². The lowest BCUT2D eigenvalue weighted by Crippen LogP contribution is -2.42. The van der Waals surface area contributed by atoms with Crippen LogP contribution in [0.5, 0.6) is 0 Å². The van der Waals surface area contributed by atoms with E-state index in [9.17, 15) is 4.79 Å². The normalized spacial score (nSPS) is 13.2. The maximum atomic E-state index is 11.8. The lowest BCUT2D eigenvalue weighted by molar-refractivity contribution is -0.121. The van der Waals surface area contributed by atoms with Gasteiger partial charge in [-0.2, -0.15) is 0 Å². The summed E-state index contributed by atoms with van der Waals surface area (Å²) in [5.74, 6) is 0.0507. The molecule has 0 saturated heterocycles. The van der Waals surface area contributed by atoms with E-state index in [1.165, 1.54) is 0 Å². The van der Waals surface area contributed by atoms with Crippen molar-refractivity contribution in [3.8, 4) is 0 Å². The Labute approximate surface area is 108 Å². The molecule has 0 fully saturated rings. The van der Waals surface area contributed by atoms with E-state index in [4.69, 9.17) is 11.6 Å². The third-order valence-corrected chi connectivity index (χ3v) is 3.21. The first-order chi connectivity index (χ1) is 7.79. The SMILES string of the molecule is CC(NC(=O)Cc1ccc(Cl)cc1)C(C)(C)C. The van der Waals surface area contributed by atoms with Gasteiger partial charge < -0.3 is 5.32 Å². The van der Waals surface area contributed by atoms with Gasteiger partial charge in [0.25, 0.3) is 0 Å². The Morgan fingerprint density at radius 3 is 2.29 bits per heavy atom. The minimum atomic E-state index is 0.0507. The molecule has 0 spiro atoms.